The number of rotatable bonds is 6. The third-order valence-electron chi connectivity index (χ3n) is 3.24. The van der Waals surface area contributed by atoms with Crippen LogP contribution in [0.4, 0.5) is 0 Å². The van der Waals surface area contributed by atoms with Gasteiger partial charge in [0.05, 0.1) is 12.2 Å². The second kappa shape index (κ2) is 7.17. The maximum absolute atomic E-state index is 11.7. The van der Waals surface area contributed by atoms with Gasteiger partial charge in [0.1, 0.15) is 0 Å². The molecule has 0 aliphatic heterocycles. The molecule has 0 radical (unpaired) electrons. The van der Waals surface area contributed by atoms with E-state index >= 15 is 0 Å². The van der Waals surface area contributed by atoms with Gasteiger partial charge >= 0.3 is 5.97 Å². The predicted octanol–water partition coefficient (Wildman–Crippen LogP) is 3.27. The Morgan fingerprint density at radius 2 is 1.94 bits per heavy atom. The fraction of sp³-hybridized carbons (Fsp3) is 0.533. The van der Waals surface area contributed by atoms with Gasteiger partial charge in [-0.05, 0) is 44.6 Å². The van der Waals surface area contributed by atoms with Crippen LogP contribution in [-0.4, -0.2) is 30.6 Å². The van der Waals surface area contributed by atoms with Crippen LogP contribution in [0.15, 0.2) is 24.3 Å². The number of nitrogens with zero attached hydrogens (tertiary/aromatic N) is 1. The van der Waals surface area contributed by atoms with Crippen molar-refractivity contribution in [1.82, 2.24) is 4.90 Å². The number of ether oxygens (including phenoxy) is 1. The summed E-state index contributed by atoms with van der Waals surface area (Å²) in [5.74, 6) is -0.244. The zero-order valence-electron chi connectivity index (χ0n) is 11.8. The fourth-order valence-electron chi connectivity index (χ4n) is 2.12. The molecule has 0 aliphatic carbocycles. The molecule has 100 valence electrons. The molecule has 0 saturated carbocycles. The molecule has 0 saturated heterocycles. The molecule has 0 aromatic heterocycles. The minimum Gasteiger partial charge on any atom is -0.462 e. The van der Waals surface area contributed by atoms with E-state index in [1.54, 1.807) is 6.07 Å². The summed E-state index contributed by atoms with van der Waals surface area (Å²) in [7, 11) is 0. The number of benzene rings is 1. The van der Waals surface area contributed by atoms with Crippen LogP contribution in [0.3, 0.4) is 0 Å². The van der Waals surface area contributed by atoms with E-state index in [1.807, 2.05) is 19.1 Å². The van der Waals surface area contributed by atoms with Crippen LogP contribution in [0, 0.1) is 0 Å². The van der Waals surface area contributed by atoms with Gasteiger partial charge in [0.2, 0.25) is 0 Å². The summed E-state index contributed by atoms with van der Waals surface area (Å²) in [4.78, 5) is 14.0. The van der Waals surface area contributed by atoms with Crippen molar-refractivity contribution in [2.75, 3.05) is 19.7 Å². The standard InChI is InChI=1S/C15H23NO2/c1-5-16(6-2)12(4)13-9-8-10-14(11-13)15(17)18-7-3/h8-12H,5-7H2,1-4H3. The molecule has 3 nitrogen and oxygen atoms in total. The maximum atomic E-state index is 11.7. The lowest BCUT2D eigenvalue weighted by molar-refractivity contribution is 0.0526. The molecule has 0 aliphatic rings. The van der Waals surface area contributed by atoms with E-state index in [4.69, 9.17) is 4.74 Å². The van der Waals surface area contributed by atoms with Crippen molar-refractivity contribution in [2.45, 2.75) is 33.7 Å². The molecular weight excluding hydrogens is 226 g/mol. The van der Waals surface area contributed by atoms with Crippen molar-refractivity contribution in [2.24, 2.45) is 0 Å². The van der Waals surface area contributed by atoms with Crippen LogP contribution in [0.5, 0.6) is 0 Å². The number of carbonyl (C=O) groups is 1. The second-order valence-corrected chi connectivity index (χ2v) is 4.24. The second-order valence-electron chi connectivity index (χ2n) is 4.24. The molecule has 18 heavy (non-hydrogen) atoms. The molecule has 0 bridgehead atoms. The van der Waals surface area contributed by atoms with Crippen LogP contribution < -0.4 is 0 Å². The molecule has 1 atom stereocenters. The minimum atomic E-state index is -0.244. The SMILES string of the molecule is CCOC(=O)c1cccc(C(C)N(CC)CC)c1. The molecule has 1 rings (SSSR count). The Bertz CT molecular complexity index is 386. The quantitative estimate of drug-likeness (QED) is 0.725. The fourth-order valence-corrected chi connectivity index (χ4v) is 2.12. The van der Waals surface area contributed by atoms with E-state index in [0.29, 0.717) is 18.2 Å². The third kappa shape index (κ3) is 3.57. The molecule has 1 unspecified atom stereocenters. The van der Waals surface area contributed by atoms with E-state index in [9.17, 15) is 4.79 Å². The summed E-state index contributed by atoms with van der Waals surface area (Å²) >= 11 is 0. The van der Waals surface area contributed by atoms with Crippen molar-refractivity contribution in [3.05, 3.63) is 35.4 Å². The van der Waals surface area contributed by atoms with Crippen molar-refractivity contribution in [3.63, 3.8) is 0 Å². The van der Waals surface area contributed by atoms with E-state index in [-0.39, 0.29) is 5.97 Å². The lowest BCUT2D eigenvalue weighted by Gasteiger charge is -2.26. The van der Waals surface area contributed by atoms with E-state index < -0.39 is 0 Å². The van der Waals surface area contributed by atoms with E-state index in [1.165, 1.54) is 0 Å². The van der Waals surface area contributed by atoms with Gasteiger partial charge in [0.25, 0.3) is 0 Å². The normalized spacial score (nSPS) is 12.5. The van der Waals surface area contributed by atoms with Gasteiger partial charge in [-0.25, -0.2) is 4.79 Å². The summed E-state index contributed by atoms with van der Waals surface area (Å²) in [6, 6.07) is 8.03. The molecule has 1 aromatic carbocycles. The van der Waals surface area contributed by atoms with Gasteiger partial charge in [0.15, 0.2) is 0 Å². The minimum absolute atomic E-state index is 0.244. The zero-order chi connectivity index (χ0) is 13.5. The first kappa shape index (κ1) is 14.7. The third-order valence-corrected chi connectivity index (χ3v) is 3.24. The van der Waals surface area contributed by atoms with Crippen molar-refractivity contribution in [1.29, 1.82) is 0 Å². The summed E-state index contributed by atoms with van der Waals surface area (Å²) in [5, 5.41) is 0. The first-order valence-corrected chi connectivity index (χ1v) is 6.65. The molecule has 1 aromatic rings. The average molecular weight is 249 g/mol. The Morgan fingerprint density at radius 1 is 1.28 bits per heavy atom. The van der Waals surface area contributed by atoms with Gasteiger partial charge in [-0.15, -0.1) is 0 Å². The van der Waals surface area contributed by atoms with Crippen LogP contribution in [0.25, 0.3) is 0 Å². The number of hydrogen-bond donors (Lipinski definition) is 0. The van der Waals surface area contributed by atoms with Gasteiger partial charge in [-0.1, -0.05) is 26.0 Å². The predicted molar refractivity (Wildman–Crippen MR) is 73.7 cm³/mol. The highest BCUT2D eigenvalue weighted by atomic mass is 16.5. The highest BCUT2D eigenvalue weighted by Gasteiger charge is 2.14. The topological polar surface area (TPSA) is 29.5 Å². The molecule has 0 N–H and O–H groups in total. The van der Waals surface area contributed by atoms with Gasteiger partial charge in [-0.3, -0.25) is 4.90 Å². The lowest BCUT2D eigenvalue weighted by atomic mass is 10.0. The van der Waals surface area contributed by atoms with Crippen LogP contribution in [-0.2, 0) is 4.74 Å². The van der Waals surface area contributed by atoms with Crippen molar-refractivity contribution < 1.29 is 9.53 Å². The Labute approximate surface area is 110 Å². The monoisotopic (exact) mass is 249 g/mol. The Morgan fingerprint density at radius 3 is 2.50 bits per heavy atom. The number of hydrogen-bond acceptors (Lipinski definition) is 3. The van der Waals surface area contributed by atoms with Gasteiger partial charge in [0, 0.05) is 6.04 Å². The molecule has 0 fully saturated rings. The van der Waals surface area contributed by atoms with Crippen molar-refractivity contribution >= 4 is 5.97 Å². The summed E-state index contributed by atoms with van der Waals surface area (Å²) in [6.45, 7) is 10.7. The first-order valence-electron chi connectivity index (χ1n) is 6.65. The van der Waals surface area contributed by atoms with E-state index in [0.717, 1.165) is 18.7 Å². The number of esters is 1. The molecule has 0 amide bonds. The maximum Gasteiger partial charge on any atom is 0.338 e. The van der Waals surface area contributed by atoms with E-state index in [2.05, 4.69) is 31.7 Å². The Hall–Kier alpha value is -1.35. The molecule has 0 heterocycles. The Kier molecular flexibility index (Phi) is 5.86. The molecule has 3 heteroatoms. The summed E-state index contributed by atoms with van der Waals surface area (Å²) in [5.41, 5.74) is 1.79. The van der Waals surface area contributed by atoms with Crippen LogP contribution >= 0.6 is 0 Å². The molecular formula is C15H23NO2. The van der Waals surface area contributed by atoms with Crippen molar-refractivity contribution in [3.8, 4) is 0 Å². The zero-order valence-corrected chi connectivity index (χ0v) is 11.8. The molecule has 0 spiro atoms. The average Bonchev–Trinajstić information content (AvgIpc) is 2.40. The highest BCUT2D eigenvalue weighted by molar-refractivity contribution is 5.89. The van der Waals surface area contributed by atoms with Gasteiger partial charge < -0.3 is 4.74 Å². The highest BCUT2D eigenvalue weighted by Crippen LogP contribution is 2.20. The van der Waals surface area contributed by atoms with Crippen LogP contribution in [0.2, 0.25) is 0 Å². The van der Waals surface area contributed by atoms with Crippen LogP contribution in [0.1, 0.15) is 49.7 Å². The largest absolute Gasteiger partial charge is 0.462 e. The first-order chi connectivity index (χ1) is 8.63. The van der Waals surface area contributed by atoms with Gasteiger partial charge in [-0.2, -0.15) is 0 Å². The smallest absolute Gasteiger partial charge is 0.338 e. The number of carbonyl (C=O) groups excluding carboxylic acids is 1. The summed E-state index contributed by atoms with van der Waals surface area (Å²) in [6.07, 6.45) is 0. The Balaban J connectivity index is 2.90. The summed E-state index contributed by atoms with van der Waals surface area (Å²) < 4.78 is 5.02. The lowest BCUT2D eigenvalue weighted by Crippen LogP contribution is -2.26.